The molecule has 1 fully saturated rings. The summed E-state index contributed by atoms with van der Waals surface area (Å²) < 4.78 is 0. The molecule has 1 heterocycles. The highest BCUT2D eigenvalue weighted by Gasteiger charge is 2.23. The quantitative estimate of drug-likeness (QED) is 0.761. The van der Waals surface area contributed by atoms with Gasteiger partial charge in [-0.1, -0.05) is 19.8 Å². The molecule has 0 aromatic carbocycles. The zero-order chi connectivity index (χ0) is 12.1. The molecular weight excluding hydrogens is 212 g/mol. The lowest BCUT2D eigenvalue weighted by molar-refractivity contribution is 0.640. The van der Waals surface area contributed by atoms with Crippen molar-refractivity contribution in [3.63, 3.8) is 0 Å². The van der Waals surface area contributed by atoms with Crippen molar-refractivity contribution in [2.24, 2.45) is 5.92 Å². The summed E-state index contributed by atoms with van der Waals surface area (Å²) in [4.78, 5) is 8.69. The van der Waals surface area contributed by atoms with Crippen LogP contribution in [0.25, 0.3) is 0 Å². The predicted octanol–water partition coefficient (Wildman–Crippen LogP) is 2.90. The van der Waals surface area contributed by atoms with Gasteiger partial charge in [-0.05, 0) is 25.7 Å². The van der Waals surface area contributed by atoms with Gasteiger partial charge in [0.05, 0.1) is 12.4 Å². The lowest BCUT2D eigenvalue weighted by Crippen LogP contribution is -2.17. The maximum Gasteiger partial charge on any atom is 0.147 e. The van der Waals surface area contributed by atoms with Crippen LogP contribution in [0.5, 0.6) is 0 Å². The number of anilines is 2. The van der Waals surface area contributed by atoms with Crippen LogP contribution in [0.1, 0.15) is 39.5 Å². The molecule has 0 amide bonds. The Labute approximate surface area is 103 Å². The molecule has 2 rings (SSSR count). The van der Waals surface area contributed by atoms with E-state index < -0.39 is 0 Å². The van der Waals surface area contributed by atoms with E-state index in [1.54, 1.807) is 12.4 Å². The number of nitrogens with one attached hydrogen (secondary N) is 2. The largest absolute Gasteiger partial charge is 0.369 e. The van der Waals surface area contributed by atoms with E-state index in [0.717, 1.165) is 30.5 Å². The Morgan fingerprint density at radius 1 is 1.35 bits per heavy atom. The molecule has 17 heavy (non-hydrogen) atoms. The summed E-state index contributed by atoms with van der Waals surface area (Å²) in [5, 5.41) is 6.66. The summed E-state index contributed by atoms with van der Waals surface area (Å²) >= 11 is 0. The average Bonchev–Trinajstić information content (AvgIpc) is 3.10. The highest BCUT2D eigenvalue weighted by molar-refractivity contribution is 5.41. The zero-order valence-corrected chi connectivity index (χ0v) is 10.7. The Kier molecular flexibility index (Phi) is 4.18. The third-order valence-electron chi connectivity index (χ3n) is 2.97. The Morgan fingerprint density at radius 2 is 2.12 bits per heavy atom. The van der Waals surface area contributed by atoms with Crippen LogP contribution in [0.4, 0.5) is 11.6 Å². The minimum absolute atomic E-state index is 0.484. The van der Waals surface area contributed by atoms with E-state index in [1.807, 2.05) is 0 Å². The Morgan fingerprint density at radius 3 is 2.82 bits per heavy atom. The second-order valence-electron chi connectivity index (χ2n) is 4.94. The van der Waals surface area contributed by atoms with Crippen LogP contribution in [-0.2, 0) is 0 Å². The van der Waals surface area contributed by atoms with Gasteiger partial charge in [0.1, 0.15) is 11.6 Å². The molecule has 94 valence electrons. The summed E-state index contributed by atoms with van der Waals surface area (Å²) in [6.07, 6.45) is 8.70. The molecule has 1 aromatic heterocycles. The normalized spacial score (nSPS) is 16.6. The maximum atomic E-state index is 4.49. The van der Waals surface area contributed by atoms with Crippen molar-refractivity contribution in [1.29, 1.82) is 0 Å². The van der Waals surface area contributed by atoms with E-state index in [0.29, 0.717) is 6.04 Å². The third-order valence-corrected chi connectivity index (χ3v) is 2.97. The van der Waals surface area contributed by atoms with E-state index in [4.69, 9.17) is 0 Å². The SMILES string of the molecule is CCCNc1cncc(NC(C)CC2CC2)n1. The van der Waals surface area contributed by atoms with Gasteiger partial charge in [0.15, 0.2) is 0 Å². The monoisotopic (exact) mass is 234 g/mol. The van der Waals surface area contributed by atoms with Gasteiger partial charge >= 0.3 is 0 Å². The molecule has 0 bridgehead atoms. The first-order chi connectivity index (χ1) is 8.28. The number of aromatic nitrogens is 2. The van der Waals surface area contributed by atoms with Crippen molar-refractivity contribution >= 4 is 11.6 Å². The Balaban J connectivity index is 1.85. The summed E-state index contributed by atoms with van der Waals surface area (Å²) in [6, 6.07) is 0.484. The van der Waals surface area contributed by atoms with E-state index in [9.17, 15) is 0 Å². The van der Waals surface area contributed by atoms with Gasteiger partial charge in [-0.2, -0.15) is 0 Å². The fourth-order valence-electron chi connectivity index (χ4n) is 1.94. The first-order valence-electron chi connectivity index (χ1n) is 6.60. The predicted molar refractivity (Wildman–Crippen MR) is 71.2 cm³/mol. The molecule has 1 aliphatic rings. The van der Waals surface area contributed by atoms with Crippen molar-refractivity contribution in [2.75, 3.05) is 17.2 Å². The van der Waals surface area contributed by atoms with Crippen molar-refractivity contribution in [3.8, 4) is 0 Å². The highest BCUT2D eigenvalue weighted by atomic mass is 15.1. The first-order valence-corrected chi connectivity index (χ1v) is 6.60. The number of hydrogen-bond donors (Lipinski definition) is 2. The summed E-state index contributed by atoms with van der Waals surface area (Å²) in [5.74, 6) is 2.67. The smallest absolute Gasteiger partial charge is 0.147 e. The van der Waals surface area contributed by atoms with Crippen LogP contribution >= 0.6 is 0 Å². The summed E-state index contributed by atoms with van der Waals surface area (Å²) in [7, 11) is 0. The molecule has 0 radical (unpaired) electrons. The minimum Gasteiger partial charge on any atom is -0.369 e. The molecule has 1 aliphatic carbocycles. The molecule has 1 saturated carbocycles. The van der Waals surface area contributed by atoms with Crippen molar-refractivity contribution < 1.29 is 0 Å². The van der Waals surface area contributed by atoms with Gasteiger partial charge in [0, 0.05) is 12.6 Å². The summed E-state index contributed by atoms with van der Waals surface area (Å²) in [5.41, 5.74) is 0. The Hall–Kier alpha value is -1.32. The van der Waals surface area contributed by atoms with E-state index in [-0.39, 0.29) is 0 Å². The first kappa shape index (κ1) is 12.1. The topological polar surface area (TPSA) is 49.8 Å². The summed E-state index contributed by atoms with van der Waals surface area (Å²) in [6.45, 7) is 5.29. The van der Waals surface area contributed by atoms with Crippen LogP contribution in [0.3, 0.4) is 0 Å². The molecule has 2 N–H and O–H groups in total. The minimum atomic E-state index is 0.484. The standard InChI is InChI=1S/C13H22N4/c1-3-6-15-12-8-14-9-13(17-12)16-10(2)7-11-4-5-11/h8-11H,3-7H2,1-2H3,(H2,15,16,17). The number of rotatable bonds is 7. The van der Waals surface area contributed by atoms with Crippen LogP contribution < -0.4 is 10.6 Å². The lowest BCUT2D eigenvalue weighted by atomic mass is 10.1. The van der Waals surface area contributed by atoms with E-state index >= 15 is 0 Å². The molecule has 4 heteroatoms. The van der Waals surface area contributed by atoms with Crippen LogP contribution in [-0.4, -0.2) is 22.6 Å². The fraction of sp³-hybridized carbons (Fsp3) is 0.692. The third kappa shape index (κ3) is 4.21. The molecular formula is C13H22N4. The molecule has 4 nitrogen and oxygen atoms in total. The molecule has 0 saturated heterocycles. The second-order valence-corrected chi connectivity index (χ2v) is 4.94. The van der Waals surface area contributed by atoms with Gasteiger partial charge in [0.2, 0.25) is 0 Å². The van der Waals surface area contributed by atoms with Crippen molar-refractivity contribution in [2.45, 2.75) is 45.6 Å². The van der Waals surface area contributed by atoms with Crippen LogP contribution in [0.2, 0.25) is 0 Å². The zero-order valence-electron chi connectivity index (χ0n) is 10.7. The Bertz CT molecular complexity index is 349. The van der Waals surface area contributed by atoms with Crippen LogP contribution in [0.15, 0.2) is 12.4 Å². The van der Waals surface area contributed by atoms with Gasteiger partial charge < -0.3 is 10.6 Å². The number of nitrogens with zero attached hydrogens (tertiary/aromatic N) is 2. The molecule has 0 aliphatic heterocycles. The maximum absolute atomic E-state index is 4.49. The van der Waals surface area contributed by atoms with E-state index in [1.165, 1.54) is 19.3 Å². The molecule has 1 aromatic rings. The lowest BCUT2D eigenvalue weighted by Gasteiger charge is -2.14. The van der Waals surface area contributed by atoms with Gasteiger partial charge in [-0.25, -0.2) is 4.98 Å². The molecule has 1 unspecified atom stereocenters. The van der Waals surface area contributed by atoms with Crippen LogP contribution in [0, 0.1) is 5.92 Å². The van der Waals surface area contributed by atoms with Crippen molar-refractivity contribution in [1.82, 2.24) is 9.97 Å². The molecule has 1 atom stereocenters. The average molecular weight is 234 g/mol. The fourth-order valence-corrected chi connectivity index (χ4v) is 1.94. The van der Waals surface area contributed by atoms with Gasteiger partial charge in [-0.3, -0.25) is 4.98 Å². The highest BCUT2D eigenvalue weighted by Crippen LogP contribution is 2.33. The van der Waals surface area contributed by atoms with E-state index in [2.05, 4.69) is 34.4 Å². The number of hydrogen-bond acceptors (Lipinski definition) is 4. The van der Waals surface area contributed by atoms with Gasteiger partial charge in [0.25, 0.3) is 0 Å². The van der Waals surface area contributed by atoms with Gasteiger partial charge in [-0.15, -0.1) is 0 Å². The second kappa shape index (κ2) is 5.84. The van der Waals surface area contributed by atoms with Crippen molar-refractivity contribution in [3.05, 3.63) is 12.4 Å². The molecule has 0 spiro atoms.